The number of nitrogens with zero attached hydrogens (tertiary/aromatic N) is 3. The van der Waals surface area contributed by atoms with Gasteiger partial charge in [0, 0.05) is 24.4 Å². The molecule has 0 saturated heterocycles. The standard InChI is InChI=1S/C30H26F4N4O3/c1-4-26(40-5-2)38-28(39)21-17-19(41-29-22(30(32,33)34)8-6-15-36-29)11-13-24(21)37-25-9-7-14-35-27(25)20-12-10-18(3)16-23(20)31/h6-17,37H,4-5H2,1-3H3/b38-26-. The van der Waals surface area contributed by atoms with Gasteiger partial charge in [-0.3, -0.25) is 9.78 Å². The fraction of sp³-hybridized carbons (Fsp3) is 0.200. The van der Waals surface area contributed by atoms with E-state index >= 15 is 0 Å². The predicted octanol–water partition coefficient (Wildman–Crippen LogP) is 8.13. The Bertz CT molecular complexity index is 1590. The minimum atomic E-state index is -4.70. The molecule has 7 nitrogen and oxygen atoms in total. The second-order valence-corrected chi connectivity index (χ2v) is 8.77. The second kappa shape index (κ2) is 12.6. The van der Waals surface area contributed by atoms with E-state index in [2.05, 4.69) is 20.3 Å². The minimum absolute atomic E-state index is 0.0307. The summed E-state index contributed by atoms with van der Waals surface area (Å²) in [7, 11) is 0. The molecule has 0 bridgehead atoms. The SMILES string of the molecule is CCO/C(CC)=N\C(=O)c1cc(Oc2ncccc2C(F)(F)F)ccc1Nc1cccnc1-c1ccc(C)cc1F. The number of halogens is 4. The molecule has 0 spiro atoms. The normalized spacial score (nSPS) is 11.7. The molecule has 2 aromatic carbocycles. The van der Waals surface area contributed by atoms with E-state index < -0.39 is 29.3 Å². The van der Waals surface area contributed by atoms with Crippen molar-refractivity contribution in [1.29, 1.82) is 0 Å². The summed E-state index contributed by atoms with van der Waals surface area (Å²) in [6.07, 6.45) is -1.70. The van der Waals surface area contributed by atoms with Gasteiger partial charge in [-0.15, -0.1) is 0 Å². The van der Waals surface area contributed by atoms with E-state index in [1.54, 1.807) is 45.0 Å². The van der Waals surface area contributed by atoms with Crippen molar-refractivity contribution in [2.75, 3.05) is 11.9 Å². The lowest BCUT2D eigenvalue weighted by Crippen LogP contribution is -2.10. The zero-order chi connectivity index (χ0) is 29.6. The highest BCUT2D eigenvalue weighted by molar-refractivity contribution is 6.06. The monoisotopic (exact) mass is 566 g/mol. The average molecular weight is 567 g/mol. The molecule has 4 rings (SSSR count). The van der Waals surface area contributed by atoms with Crippen LogP contribution in [0.4, 0.5) is 28.9 Å². The molecule has 4 aromatic rings. The van der Waals surface area contributed by atoms with Crippen molar-refractivity contribution in [3.63, 3.8) is 0 Å². The quantitative estimate of drug-likeness (QED) is 0.132. The number of anilines is 2. The molecule has 0 saturated carbocycles. The summed E-state index contributed by atoms with van der Waals surface area (Å²) in [6.45, 7) is 5.56. The van der Waals surface area contributed by atoms with E-state index in [1.165, 1.54) is 36.7 Å². The van der Waals surface area contributed by atoms with E-state index in [0.717, 1.165) is 17.7 Å². The van der Waals surface area contributed by atoms with Crippen LogP contribution >= 0.6 is 0 Å². The lowest BCUT2D eigenvalue weighted by Gasteiger charge is -2.16. The van der Waals surface area contributed by atoms with Crippen LogP contribution in [0.1, 0.15) is 41.8 Å². The Hall–Kier alpha value is -4.80. The number of carbonyl (C=O) groups excluding carboxylic acids is 1. The van der Waals surface area contributed by atoms with Crippen molar-refractivity contribution in [2.45, 2.75) is 33.4 Å². The molecule has 0 aliphatic heterocycles. The van der Waals surface area contributed by atoms with Crippen LogP contribution in [-0.2, 0) is 10.9 Å². The zero-order valence-electron chi connectivity index (χ0n) is 22.4. The predicted molar refractivity (Wildman–Crippen MR) is 147 cm³/mol. The fourth-order valence-corrected chi connectivity index (χ4v) is 3.90. The summed E-state index contributed by atoms with van der Waals surface area (Å²) in [4.78, 5) is 25.4. The molecule has 11 heteroatoms. The molecule has 41 heavy (non-hydrogen) atoms. The van der Waals surface area contributed by atoms with E-state index in [1.807, 2.05) is 0 Å². The van der Waals surface area contributed by atoms with E-state index in [-0.39, 0.29) is 35.1 Å². The third-order valence-corrected chi connectivity index (χ3v) is 5.81. The van der Waals surface area contributed by atoms with E-state index in [4.69, 9.17) is 9.47 Å². The Labute approximate surface area is 233 Å². The molecule has 2 aromatic heterocycles. The molecule has 0 radical (unpaired) electrons. The number of aliphatic imine (C=N–C) groups is 1. The first kappa shape index (κ1) is 29.2. The molecule has 0 aliphatic carbocycles. The first-order valence-electron chi connectivity index (χ1n) is 12.7. The Kier molecular flexibility index (Phi) is 8.96. The number of amides is 1. The fourth-order valence-electron chi connectivity index (χ4n) is 3.90. The van der Waals surface area contributed by atoms with Crippen LogP contribution in [0, 0.1) is 12.7 Å². The topological polar surface area (TPSA) is 85.7 Å². The van der Waals surface area contributed by atoms with Crippen LogP contribution in [0.3, 0.4) is 0 Å². The van der Waals surface area contributed by atoms with Crippen LogP contribution in [0.15, 0.2) is 78.0 Å². The Morgan fingerprint density at radius 2 is 1.73 bits per heavy atom. The summed E-state index contributed by atoms with van der Waals surface area (Å²) in [6, 6.07) is 14.1. The van der Waals surface area contributed by atoms with Gasteiger partial charge in [0.05, 0.1) is 29.2 Å². The highest BCUT2D eigenvalue weighted by atomic mass is 19.4. The molecule has 1 amide bonds. The van der Waals surface area contributed by atoms with Crippen molar-refractivity contribution < 1.29 is 31.8 Å². The number of alkyl halides is 3. The van der Waals surface area contributed by atoms with Gasteiger partial charge in [-0.1, -0.05) is 13.0 Å². The maximum absolute atomic E-state index is 14.8. The molecule has 0 fully saturated rings. The number of benzene rings is 2. The number of carbonyl (C=O) groups is 1. The third-order valence-electron chi connectivity index (χ3n) is 5.81. The molecule has 0 aliphatic rings. The summed E-state index contributed by atoms with van der Waals surface area (Å²) < 4.78 is 66.2. The van der Waals surface area contributed by atoms with Crippen molar-refractivity contribution in [3.8, 4) is 22.9 Å². The van der Waals surface area contributed by atoms with E-state index in [0.29, 0.717) is 17.8 Å². The Balaban J connectivity index is 1.79. The van der Waals surface area contributed by atoms with Gasteiger partial charge in [0.25, 0.3) is 5.91 Å². The number of hydrogen-bond acceptors (Lipinski definition) is 6. The Morgan fingerprint density at radius 3 is 2.44 bits per heavy atom. The molecule has 212 valence electrons. The van der Waals surface area contributed by atoms with Crippen LogP contribution in [0.25, 0.3) is 11.3 Å². The molecule has 1 N–H and O–H groups in total. The largest absolute Gasteiger partial charge is 0.481 e. The number of aryl methyl sites for hydroxylation is 1. The lowest BCUT2D eigenvalue weighted by molar-refractivity contribution is -0.138. The summed E-state index contributed by atoms with van der Waals surface area (Å²) in [5, 5.41) is 3.10. The first-order valence-corrected chi connectivity index (χ1v) is 12.7. The van der Waals surface area contributed by atoms with Gasteiger partial charge >= 0.3 is 6.18 Å². The van der Waals surface area contributed by atoms with Crippen molar-refractivity contribution in [1.82, 2.24) is 9.97 Å². The van der Waals surface area contributed by atoms with Crippen molar-refractivity contribution in [3.05, 3.63) is 95.6 Å². The number of rotatable bonds is 8. The molecule has 2 heterocycles. The summed E-state index contributed by atoms with van der Waals surface area (Å²) in [5.41, 5.74) is 0.779. The van der Waals surface area contributed by atoms with Gasteiger partial charge in [-0.05, 0) is 74.0 Å². The highest BCUT2D eigenvalue weighted by Gasteiger charge is 2.35. The minimum Gasteiger partial charge on any atom is -0.481 e. The molecular formula is C30H26F4N4O3. The number of ether oxygens (including phenoxy) is 2. The van der Waals surface area contributed by atoms with Crippen LogP contribution in [0.2, 0.25) is 0 Å². The van der Waals surface area contributed by atoms with Gasteiger partial charge in [-0.25, -0.2) is 9.37 Å². The zero-order valence-corrected chi connectivity index (χ0v) is 22.4. The van der Waals surface area contributed by atoms with Crippen LogP contribution in [-0.4, -0.2) is 28.4 Å². The number of hydrogen-bond donors (Lipinski definition) is 1. The number of pyridine rings is 2. The van der Waals surface area contributed by atoms with Gasteiger partial charge in [0.15, 0.2) is 5.90 Å². The number of nitrogens with one attached hydrogen (secondary N) is 1. The summed E-state index contributed by atoms with van der Waals surface area (Å²) in [5.74, 6) is -1.77. The van der Waals surface area contributed by atoms with Crippen molar-refractivity contribution >= 4 is 23.2 Å². The van der Waals surface area contributed by atoms with Gasteiger partial charge < -0.3 is 14.8 Å². The maximum Gasteiger partial charge on any atom is 0.421 e. The molecular weight excluding hydrogens is 540 g/mol. The molecule has 0 atom stereocenters. The lowest BCUT2D eigenvalue weighted by atomic mass is 10.1. The van der Waals surface area contributed by atoms with Gasteiger partial charge in [-0.2, -0.15) is 18.2 Å². The van der Waals surface area contributed by atoms with Crippen molar-refractivity contribution in [2.24, 2.45) is 4.99 Å². The van der Waals surface area contributed by atoms with Gasteiger partial charge in [0.1, 0.15) is 17.1 Å². The van der Waals surface area contributed by atoms with Crippen LogP contribution < -0.4 is 10.1 Å². The Morgan fingerprint density at radius 1 is 0.976 bits per heavy atom. The second-order valence-electron chi connectivity index (χ2n) is 8.77. The number of aromatic nitrogens is 2. The maximum atomic E-state index is 14.8. The van der Waals surface area contributed by atoms with E-state index in [9.17, 15) is 22.4 Å². The third kappa shape index (κ3) is 7.05. The van der Waals surface area contributed by atoms with Gasteiger partial charge in [0.2, 0.25) is 5.88 Å². The molecule has 0 unspecified atom stereocenters. The van der Waals surface area contributed by atoms with Crippen LogP contribution in [0.5, 0.6) is 11.6 Å². The smallest absolute Gasteiger partial charge is 0.421 e. The average Bonchev–Trinajstić information content (AvgIpc) is 2.94. The summed E-state index contributed by atoms with van der Waals surface area (Å²) >= 11 is 0. The first-order chi connectivity index (χ1) is 19.6. The highest BCUT2D eigenvalue weighted by Crippen LogP contribution is 2.38.